The fraction of sp³-hybridized carbons (Fsp3) is 0.222. The van der Waals surface area contributed by atoms with Gasteiger partial charge in [0.15, 0.2) is 0 Å². The van der Waals surface area contributed by atoms with E-state index in [1.54, 1.807) is 12.1 Å². The third-order valence-electron chi connectivity index (χ3n) is 3.92. The molecule has 0 aliphatic heterocycles. The molecule has 0 aliphatic rings. The van der Waals surface area contributed by atoms with Crippen LogP contribution in [0.5, 0.6) is 0 Å². The standard InChI is InChI=1S/C18H13FN4OS/c19-14-5-3-13(4-6-14)15-10-25-17-16(15)18(24)23(11-22-17)9-12(8-21)2-1-7-20/h3-6,10-12H,1-2,9H2. The molecular formula is C18H13FN4OS. The van der Waals surface area contributed by atoms with Crippen molar-refractivity contribution in [1.29, 1.82) is 10.5 Å². The molecule has 0 saturated heterocycles. The van der Waals surface area contributed by atoms with Gasteiger partial charge in [-0.1, -0.05) is 12.1 Å². The van der Waals surface area contributed by atoms with Crippen molar-refractivity contribution < 1.29 is 4.39 Å². The number of aromatic nitrogens is 2. The van der Waals surface area contributed by atoms with E-state index in [4.69, 9.17) is 5.26 Å². The van der Waals surface area contributed by atoms with Crippen LogP contribution < -0.4 is 5.56 Å². The average molecular weight is 352 g/mol. The van der Waals surface area contributed by atoms with E-state index in [2.05, 4.69) is 11.1 Å². The lowest BCUT2D eigenvalue weighted by molar-refractivity contribution is 0.499. The van der Waals surface area contributed by atoms with Gasteiger partial charge in [0.25, 0.3) is 5.56 Å². The Morgan fingerprint density at radius 2 is 2.04 bits per heavy atom. The molecule has 0 radical (unpaired) electrons. The molecule has 1 unspecified atom stereocenters. The molecule has 0 N–H and O–H groups in total. The highest BCUT2D eigenvalue weighted by Crippen LogP contribution is 2.30. The van der Waals surface area contributed by atoms with Crippen molar-refractivity contribution in [2.45, 2.75) is 19.4 Å². The molecule has 5 nitrogen and oxygen atoms in total. The molecule has 0 amide bonds. The minimum Gasteiger partial charge on any atom is -0.297 e. The number of halogens is 1. The molecule has 7 heteroatoms. The van der Waals surface area contributed by atoms with Gasteiger partial charge in [-0.25, -0.2) is 9.37 Å². The van der Waals surface area contributed by atoms with Crippen molar-refractivity contribution >= 4 is 21.6 Å². The number of thiophene rings is 1. The number of rotatable bonds is 5. The van der Waals surface area contributed by atoms with E-state index in [9.17, 15) is 14.4 Å². The highest BCUT2D eigenvalue weighted by molar-refractivity contribution is 7.17. The molecule has 124 valence electrons. The molecule has 0 saturated carbocycles. The first-order valence-electron chi connectivity index (χ1n) is 7.63. The molecule has 0 aliphatic carbocycles. The Balaban J connectivity index is 2.03. The second kappa shape index (κ2) is 7.25. The summed E-state index contributed by atoms with van der Waals surface area (Å²) in [7, 11) is 0. The van der Waals surface area contributed by atoms with E-state index in [0.717, 1.165) is 5.56 Å². The van der Waals surface area contributed by atoms with E-state index >= 15 is 0 Å². The maximum atomic E-state index is 13.1. The summed E-state index contributed by atoms with van der Waals surface area (Å²) in [5, 5.41) is 20.2. The van der Waals surface area contributed by atoms with Crippen molar-refractivity contribution in [2.75, 3.05) is 0 Å². The van der Waals surface area contributed by atoms with Crippen LogP contribution in [0.2, 0.25) is 0 Å². The number of hydrogen-bond acceptors (Lipinski definition) is 5. The Morgan fingerprint density at radius 1 is 1.28 bits per heavy atom. The fourth-order valence-electron chi connectivity index (χ4n) is 2.61. The normalized spacial score (nSPS) is 11.8. The summed E-state index contributed by atoms with van der Waals surface area (Å²) in [6.45, 7) is 0.193. The molecule has 0 spiro atoms. The highest BCUT2D eigenvalue weighted by Gasteiger charge is 2.16. The van der Waals surface area contributed by atoms with Crippen LogP contribution in [-0.2, 0) is 6.54 Å². The lowest BCUT2D eigenvalue weighted by Crippen LogP contribution is -2.24. The Morgan fingerprint density at radius 3 is 2.72 bits per heavy atom. The van der Waals surface area contributed by atoms with Gasteiger partial charge in [-0.3, -0.25) is 9.36 Å². The molecule has 1 atom stereocenters. The van der Waals surface area contributed by atoms with E-state index < -0.39 is 5.92 Å². The first-order valence-corrected chi connectivity index (χ1v) is 8.51. The van der Waals surface area contributed by atoms with Crippen LogP contribution in [0.25, 0.3) is 21.3 Å². The van der Waals surface area contributed by atoms with Crippen molar-refractivity contribution in [2.24, 2.45) is 5.92 Å². The quantitative estimate of drug-likeness (QED) is 0.701. The van der Waals surface area contributed by atoms with E-state index in [1.807, 2.05) is 11.4 Å². The fourth-order valence-corrected chi connectivity index (χ4v) is 3.52. The second-order valence-electron chi connectivity index (χ2n) is 5.56. The van der Waals surface area contributed by atoms with Crippen LogP contribution in [0, 0.1) is 34.4 Å². The van der Waals surface area contributed by atoms with Gasteiger partial charge in [0, 0.05) is 23.9 Å². The molecule has 2 aromatic heterocycles. The monoisotopic (exact) mass is 352 g/mol. The van der Waals surface area contributed by atoms with Crippen molar-refractivity contribution in [3.05, 3.63) is 52.1 Å². The Labute approximate surface area is 147 Å². The zero-order valence-electron chi connectivity index (χ0n) is 13.1. The number of fused-ring (bicyclic) bond motifs is 1. The average Bonchev–Trinajstić information content (AvgIpc) is 3.06. The highest BCUT2D eigenvalue weighted by atomic mass is 32.1. The van der Waals surface area contributed by atoms with Gasteiger partial charge in [-0.2, -0.15) is 10.5 Å². The van der Waals surface area contributed by atoms with Crippen LogP contribution in [0.4, 0.5) is 4.39 Å². The van der Waals surface area contributed by atoms with Crippen LogP contribution in [0.3, 0.4) is 0 Å². The van der Waals surface area contributed by atoms with Gasteiger partial charge in [0.05, 0.1) is 29.8 Å². The van der Waals surface area contributed by atoms with Crippen LogP contribution in [0.1, 0.15) is 12.8 Å². The predicted octanol–water partition coefficient (Wildman–Crippen LogP) is 3.71. The summed E-state index contributed by atoms with van der Waals surface area (Å²) in [4.78, 5) is 17.8. The number of hydrogen-bond donors (Lipinski definition) is 0. The topological polar surface area (TPSA) is 82.5 Å². The van der Waals surface area contributed by atoms with Crippen LogP contribution >= 0.6 is 11.3 Å². The molecular weight excluding hydrogens is 339 g/mol. The number of benzene rings is 1. The maximum Gasteiger partial charge on any atom is 0.262 e. The molecule has 3 rings (SSSR count). The van der Waals surface area contributed by atoms with Gasteiger partial charge in [-0.15, -0.1) is 11.3 Å². The summed E-state index contributed by atoms with van der Waals surface area (Å²) in [5.74, 6) is -0.766. The minimum absolute atomic E-state index is 0.193. The minimum atomic E-state index is -0.426. The van der Waals surface area contributed by atoms with Gasteiger partial charge >= 0.3 is 0 Å². The van der Waals surface area contributed by atoms with E-state index in [0.29, 0.717) is 22.2 Å². The summed E-state index contributed by atoms with van der Waals surface area (Å²) in [6, 6.07) is 10.1. The summed E-state index contributed by atoms with van der Waals surface area (Å²) < 4.78 is 14.6. The zero-order valence-corrected chi connectivity index (χ0v) is 14.0. The molecule has 3 aromatic rings. The zero-order chi connectivity index (χ0) is 17.8. The predicted molar refractivity (Wildman–Crippen MR) is 93.2 cm³/mol. The Hall–Kier alpha value is -3.03. The molecule has 1 aromatic carbocycles. The third kappa shape index (κ3) is 3.42. The molecule has 25 heavy (non-hydrogen) atoms. The van der Waals surface area contributed by atoms with Gasteiger partial charge in [0.1, 0.15) is 10.6 Å². The van der Waals surface area contributed by atoms with E-state index in [1.165, 1.54) is 34.4 Å². The smallest absolute Gasteiger partial charge is 0.262 e. The second-order valence-corrected chi connectivity index (χ2v) is 6.42. The van der Waals surface area contributed by atoms with E-state index in [-0.39, 0.29) is 24.3 Å². The Bertz CT molecular complexity index is 1040. The molecule has 0 fully saturated rings. The molecule has 2 heterocycles. The number of nitriles is 2. The first-order chi connectivity index (χ1) is 12.1. The third-order valence-corrected chi connectivity index (χ3v) is 4.81. The summed E-state index contributed by atoms with van der Waals surface area (Å²) >= 11 is 1.35. The van der Waals surface area contributed by atoms with Gasteiger partial charge < -0.3 is 0 Å². The maximum absolute atomic E-state index is 13.1. The van der Waals surface area contributed by atoms with Crippen molar-refractivity contribution in [3.63, 3.8) is 0 Å². The lowest BCUT2D eigenvalue weighted by atomic mass is 10.0. The van der Waals surface area contributed by atoms with Crippen molar-refractivity contribution in [1.82, 2.24) is 9.55 Å². The SMILES string of the molecule is N#CCCC(C#N)Cn1cnc2scc(-c3ccc(F)cc3)c2c1=O. The largest absolute Gasteiger partial charge is 0.297 e. The lowest BCUT2D eigenvalue weighted by Gasteiger charge is -2.10. The number of nitrogens with zero attached hydrogens (tertiary/aromatic N) is 4. The van der Waals surface area contributed by atoms with Crippen molar-refractivity contribution in [3.8, 4) is 23.3 Å². The van der Waals surface area contributed by atoms with Gasteiger partial charge in [0.2, 0.25) is 0 Å². The van der Waals surface area contributed by atoms with Crippen LogP contribution in [0.15, 0.2) is 40.8 Å². The summed E-state index contributed by atoms with van der Waals surface area (Å²) in [6.07, 6.45) is 2.11. The molecule has 0 bridgehead atoms. The summed E-state index contributed by atoms with van der Waals surface area (Å²) in [5.41, 5.74) is 1.21. The Kier molecular flexibility index (Phi) is 4.87. The van der Waals surface area contributed by atoms with Crippen LogP contribution in [-0.4, -0.2) is 9.55 Å². The first kappa shape index (κ1) is 16.8. The van der Waals surface area contributed by atoms with Gasteiger partial charge in [-0.05, 0) is 24.1 Å².